The largest absolute Gasteiger partial charge is 0.394 e. The zero-order valence-electron chi connectivity index (χ0n) is 13.3. The van der Waals surface area contributed by atoms with Crippen molar-refractivity contribution in [2.45, 2.75) is 35.5 Å². The molecule has 11 nitrogen and oxygen atoms in total. The number of rotatable bonds is 5. The monoisotopic (exact) mass is 386 g/mol. The summed E-state index contributed by atoms with van der Waals surface area (Å²) in [6, 6.07) is 4.64. The van der Waals surface area contributed by atoms with E-state index in [2.05, 4.69) is 10.3 Å². The predicted molar refractivity (Wildman–Crippen MR) is 85.8 cm³/mol. The highest BCUT2D eigenvalue weighted by Gasteiger charge is 2.47. The molecule has 0 spiro atoms. The molecule has 5 atom stereocenters. The van der Waals surface area contributed by atoms with E-state index in [-0.39, 0.29) is 4.90 Å². The molecule has 1 aliphatic rings. The lowest BCUT2D eigenvalue weighted by Crippen LogP contribution is -2.38. The summed E-state index contributed by atoms with van der Waals surface area (Å²) < 4.78 is 28.9. The van der Waals surface area contributed by atoms with Crippen LogP contribution in [0, 0.1) is 0 Å². The summed E-state index contributed by atoms with van der Waals surface area (Å²) in [5, 5.41) is 51.6. The smallest absolute Gasteiger partial charge is 0.238 e. The normalized spacial score (nSPS) is 27.6. The Balaban J connectivity index is 1.89. The number of sulfonamides is 1. The van der Waals surface area contributed by atoms with Crippen molar-refractivity contribution < 1.29 is 33.6 Å². The molecule has 3 rings (SSSR count). The molecule has 0 bridgehead atoms. The molecule has 1 fully saturated rings. The van der Waals surface area contributed by atoms with Gasteiger partial charge in [-0.2, -0.15) is 0 Å². The van der Waals surface area contributed by atoms with E-state index in [1.54, 1.807) is 0 Å². The molecule has 12 heteroatoms. The third kappa shape index (κ3) is 3.48. The summed E-state index contributed by atoms with van der Waals surface area (Å²) in [6.07, 6.45) is -3.93. The standard InChI is InChI=1S/C14H18N4O7S/c15-26(23,24)8-3-1-7(2-4-8)9-5-18(17-16-9)11-12(21)14(22)25-13(11)10(20)6-19/h1-5,10-14,19-22H,6H2,(H2,15,23,24). The number of nitrogens with two attached hydrogens (primary N) is 1. The van der Waals surface area contributed by atoms with Crippen LogP contribution < -0.4 is 5.14 Å². The number of hydrogen-bond acceptors (Lipinski definition) is 9. The SMILES string of the molecule is NS(=O)(=O)c1ccc(-c2cn(C3C(O)C(O)OC3C(O)CO)nn2)cc1. The molecule has 1 aromatic carbocycles. The zero-order chi connectivity index (χ0) is 19.1. The number of ether oxygens (including phenoxy) is 1. The van der Waals surface area contributed by atoms with Crippen LogP contribution in [-0.2, 0) is 14.8 Å². The van der Waals surface area contributed by atoms with E-state index in [9.17, 15) is 23.7 Å². The van der Waals surface area contributed by atoms with Gasteiger partial charge in [-0.1, -0.05) is 17.3 Å². The van der Waals surface area contributed by atoms with Gasteiger partial charge in [0, 0.05) is 5.56 Å². The molecule has 0 aliphatic carbocycles. The molecular weight excluding hydrogens is 368 g/mol. The Hall–Kier alpha value is -1.93. The van der Waals surface area contributed by atoms with Gasteiger partial charge in [0.25, 0.3) is 0 Å². The van der Waals surface area contributed by atoms with Gasteiger partial charge in [0.15, 0.2) is 6.29 Å². The first-order valence-electron chi connectivity index (χ1n) is 7.58. The highest BCUT2D eigenvalue weighted by molar-refractivity contribution is 7.89. The average molecular weight is 386 g/mol. The minimum Gasteiger partial charge on any atom is -0.394 e. The lowest BCUT2D eigenvalue weighted by molar-refractivity contribution is -0.149. The Bertz CT molecular complexity index is 870. The zero-order valence-corrected chi connectivity index (χ0v) is 14.1. The molecule has 2 heterocycles. The first kappa shape index (κ1) is 18.8. The van der Waals surface area contributed by atoms with Crippen LogP contribution in [0.5, 0.6) is 0 Å². The van der Waals surface area contributed by atoms with Gasteiger partial charge >= 0.3 is 0 Å². The summed E-state index contributed by atoms with van der Waals surface area (Å²) in [7, 11) is -3.81. The van der Waals surface area contributed by atoms with E-state index in [0.29, 0.717) is 11.3 Å². The topological polar surface area (TPSA) is 181 Å². The maximum absolute atomic E-state index is 11.3. The van der Waals surface area contributed by atoms with Crippen molar-refractivity contribution in [1.82, 2.24) is 15.0 Å². The lowest BCUT2D eigenvalue weighted by atomic mass is 10.0. The molecule has 2 aromatic rings. The van der Waals surface area contributed by atoms with Crippen LogP contribution >= 0.6 is 0 Å². The first-order valence-corrected chi connectivity index (χ1v) is 9.12. The van der Waals surface area contributed by atoms with Crippen LogP contribution in [0.2, 0.25) is 0 Å². The molecule has 0 amide bonds. The van der Waals surface area contributed by atoms with Crippen molar-refractivity contribution in [3.63, 3.8) is 0 Å². The fourth-order valence-corrected chi connectivity index (χ4v) is 3.30. The minimum atomic E-state index is -3.81. The highest BCUT2D eigenvalue weighted by Crippen LogP contribution is 2.32. The number of primary sulfonamides is 1. The number of hydrogen-bond donors (Lipinski definition) is 5. The van der Waals surface area contributed by atoms with Crippen LogP contribution in [-0.4, -0.2) is 75.0 Å². The van der Waals surface area contributed by atoms with Crippen molar-refractivity contribution in [2.75, 3.05) is 6.61 Å². The van der Waals surface area contributed by atoms with E-state index in [1.807, 2.05) is 0 Å². The molecule has 1 saturated heterocycles. The van der Waals surface area contributed by atoms with Gasteiger partial charge in [-0.3, -0.25) is 0 Å². The first-order chi connectivity index (χ1) is 12.2. The molecule has 1 aliphatic heterocycles. The fourth-order valence-electron chi connectivity index (χ4n) is 2.78. The van der Waals surface area contributed by atoms with Gasteiger partial charge in [0.05, 0.1) is 17.7 Å². The van der Waals surface area contributed by atoms with Crippen molar-refractivity contribution in [1.29, 1.82) is 0 Å². The summed E-state index contributed by atoms with van der Waals surface area (Å²) >= 11 is 0. The van der Waals surface area contributed by atoms with Crippen molar-refractivity contribution in [3.8, 4) is 11.3 Å². The molecule has 6 N–H and O–H groups in total. The molecule has 26 heavy (non-hydrogen) atoms. The van der Waals surface area contributed by atoms with E-state index < -0.39 is 47.3 Å². The molecule has 0 radical (unpaired) electrons. The van der Waals surface area contributed by atoms with Crippen molar-refractivity contribution >= 4 is 10.0 Å². The molecule has 5 unspecified atom stereocenters. The maximum Gasteiger partial charge on any atom is 0.238 e. The molecule has 142 valence electrons. The number of aliphatic hydroxyl groups is 4. The van der Waals surface area contributed by atoms with Gasteiger partial charge in [0.2, 0.25) is 10.0 Å². The van der Waals surface area contributed by atoms with E-state index in [1.165, 1.54) is 35.1 Å². The second-order valence-electron chi connectivity index (χ2n) is 5.88. The third-order valence-corrected chi connectivity index (χ3v) is 5.07. The van der Waals surface area contributed by atoms with Crippen molar-refractivity contribution in [3.05, 3.63) is 30.5 Å². The quantitative estimate of drug-likeness (QED) is 0.373. The van der Waals surface area contributed by atoms with Crippen LogP contribution in [0.25, 0.3) is 11.3 Å². The second kappa shape index (κ2) is 7.00. The van der Waals surface area contributed by atoms with Gasteiger partial charge in [-0.25, -0.2) is 18.2 Å². The van der Waals surface area contributed by atoms with Crippen LogP contribution in [0.1, 0.15) is 6.04 Å². The second-order valence-corrected chi connectivity index (χ2v) is 7.44. The summed E-state index contributed by atoms with van der Waals surface area (Å²) in [5.74, 6) is 0. The van der Waals surface area contributed by atoms with Gasteiger partial charge in [0.1, 0.15) is 30.0 Å². The van der Waals surface area contributed by atoms with Gasteiger partial charge in [-0.15, -0.1) is 5.10 Å². The van der Waals surface area contributed by atoms with Gasteiger partial charge in [-0.05, 0) is 12.1 Å². The van der Waals surface area contributed by atoms with E-state index in [0.717, 1.165) is 0 Å². The fraction of sp³-hybridized carbons (Fsp3) is 0.429. The highest BCUT2D eigenvalue weighted by atomic mass is 32.2. The number of aromatic nitrogens is 3. The Labute approximate surface area is 148 Å². The van der Waals surface area contributed by atoms with Crippen LogP contribution in [0.3, 0.4) is 0 Å². The summed E-state index contributed by atoms with van der Waals surface area (Å²) in [6.45, 7) is -0.628. The molecule has 0 saturated carbocycles. The van der Waals surface area contributed by atoms with E-state index >= 15 is 0 Å². The Morgan fingerprint density at radius 2 is 1.92 bits per heavy atom. The molecular formula is C14H18N4O7S. The Morgan fingerprint density at radius 3 is 2.50 bits per heavy atom. The summed E-state index contributed by atoms with van der Waals surface area (Å²) in [4.78, 5) is -0.0532. The Morgan fingerprint density at radius 1 is 1.27 bits per heavy atom. The van der Waals surface area contributed by atoms with Crippen LogP contribution in [0.4, 0.5) is 0 Å². The average Bonchev–Trinajstić information content (AvgIpc) is 3.19. The van der Waals surface area contributed by atoms with Crippen LogP contribution in [0.15, 0.2) is 35.4 Å². The van der Waals surface area contributed by atoms with Crippen molar-refractivity contribution in [2.24, 2.45) is 5.14 Å². The van der Waals surface area contributed by atoms with Gasteiger partial charge < -0.3 is 25.2 Å². The third-order valence-electron chi connectivity index (χ3n) is 4.14. The summed E-state index contributed by atoms with van der Waals surface area (Å²) in [5.41, 5.74) is 0.897. The maximum atomic E-state index is 11.3. The number of nitrogens with zero attached hydrogens (tertiary/aromatic N) is 3. The minimum absolute atomic E-state index is 0.0532. The predicted octanol–water partition coefficient (Wildman–Crippen LogP) is -2.44. The number of aliphatic hydroxyl groups excluding tert-OH is 4. The van der Waals surface area contributed by atoms with E-state index in [4.69, 9.17) is 15.0 Å². The lowest BCUT2D eigenvalue weighted by Gasteiger charge is -2.22. The molecule has 1 aromatic heterocycles. The number of benzene rings is 1. The Kier molecular flexibility index (Phi) is 5.07.